The van der Waals surface area contributed by atoms with E-state index in [1.165, 1.54) is 0 Å². The van der Waals surface area contributed by atoms with E-state index in [0.717, 1.165) is 51.0 Å². The lowest BCUT2D eigenvalue weighted by Crippen LogP contribution is -2.42. The fraction of sp³-hybridized carbons (Fsp3) is 0.812. The highest BCUT2D eigenvalue weighted by atomic mass is 16.5. The second-order valence-electron chi connectivity index (χ2n) is 13.6. The maximum atomic E-state index is 12.8. The highest BCUT2D eigenvalue weighted by Crippen LogP contribution is 2.46. The number of fused-ring (bicyclic) bond motifs is 2. The van der Waals surface area contributed by atoms with Gasteiger partial charge in [-0.2, -0.15) is 0 Å². The number of allylic oxidation sites excluding steroid dienone is 2. The van der Waals surface area contributed by atoms with E-state index < -0.39 is 0 Å². The average Bonchev–Trinajstić information content (AvgIpc) is 3.31. The van der Waals surface area contributed by atoms with Crippen molar-refractivity contribution in [2.45, 2.75) is 79.4 Å². The maximum absolute atomic E-state index is 12.8. The molecule has 10 atom stereocenters. The van der Waals surface area contributed by atoms with Crippen LogP contribution in [0.5, 0.6) is 0 Å². The summed E-state index contributed by atoms with van der Waals surface area (Å²) in [5.41, 5.74) is 1.64. The van der Waals surface area contributed by atoms with Gasteiger partial charge >= 0.3 is 11.9 Å². The summed E-state index contributed by atoms with van der Waals surface area (Å²) in [4.78, 5) is 30.4. The molecule has 2 saturated carbocycles. The summed E-state index contributed by atoms with van der Waals surface area (Å²) in [7, 11) is 4.39. The number of esters is 2. The average molecular weight is 529 g/mol. The molecular formula is C32H52N2O4. The van der Waals surface area contributed by atoms with Crippen molar-refractivity contribution in [1.82, 2.24) is 9.80 Å². The van der Waals surface area contributed by atoms with Crippen LogP contribution in [0.2, 0.25) is 0 Å². The van der Waals surface area contributed by atoms with Crippen molar-refractivity contribution in [2.75, 3.05) is 40.3 Å². The van der Waals surface area contributed by atoms with Gasteiger partial charge in [0.15, 0.2) is 0 Å². The van der Waals surface area contributed by atoms with Gasteiger partial charge in [-0.25, -0.2) is 9.59 Å². The predicted molar refractivity (Wildman–Crippen MR) is 151 cm³/mol. The Hall–Kier alpha value is -1.66. The number of ether oxygens (including phenoxy) is 2. The molecule has 0 aromatic carbocycles. The monoisotopic (exact) mass is 528 g/mol. The van der Waals surface area contributed by atoms with Gasteiger partial charge in [0.05, 0.1) is 0 Å². The number of rotatable bonds is 7. The number of carbonyl (C=O) groups is 2. The summed E-state index contributed by atoms with van der Waals surface area (Å²) in [6.45, 7) is 17.4. The molecule has 0 N–H and O–H groups in total. The van der Waals surface area contributed by atoms with Gasteiger partial charge in [-0.05, 0) is 101 Å². The van der Waals surface area contributed by atoms with E-state index in [9.17, 15) is 9.59 Å². The molecule has 214 valence electrons. The van der Waals surface area contributed by atoms with Crippen LogP contribution in [-0.4, -0.2) is 74.2 Å². The zero-order valence-electron chi connectivity index (χ0n) is 25.1. The topological polar surface area (TPSA) is 59.1 Å². The highest BCUT2D eigenvalue weighted by Gasteiger charge is 2.48. The van der Waals surface area contributed by atoms with Crippen LogP contribution in [0.15, 0.2) is 23.3 Å². The minimum Gasteiger partial charge on any atom is -0.459 e. The second-order valence-corrected chi connectivity index (χ2v) is 13.6. The van der Waals surface area contributed by atoms with E-state index in [2.05, 4.69) is 51.6 Å². The van der Waals surface area contributed by atoms with Crippen LogP contribution < -0.4 is 0 Å². The van der Waals surface area contributed by atoms with Crippen LogP contribution in [0.25, 0.3) is 0 Å². The summed E-state index contributed by atoms with van der Waals surface area (Å²) in [6.07, 6.45) is 7.02. The van der Waals surface area contributed by atoms with E-state index in [-0.39, 0.29) is 24.1 Å². The van der Waals surface area contributed by atoms with Crippen LogP contribution in [0.3, 0.4) is 0 Å². The van der Waals surface area contributed by atoms with Crippen molar-refractivity contribution >= 4 is 11.9 Å². The smallest absolute Gasteiger partial charge is 0.333 e. The Morgan fingerprint density at radius 2 is 1.26 bits per heavy atom. The molecule has 0 aromatic heterocycles. The Labute approximate surface area is 231 Å². The first-order valence-corrected chi connectivity index (χ1v) is 15.1. The molecule has 4 fully saturated rings. The molecule has 2 aliphatic carbocycles. The third-order valence-electron chi connectivity index (χ3n) is 10.5. The first-order valence-electron chi connectivity index (χ1n) is 15.1. The molecule has 2 heterocycles. The van der Waals surface area contributed by atoms with E-state index in [1.807, 2.05) is 19.9 Å². The fourth-order valence-electron chi connectivity index (χ4n) is 8.28. The minimum atomic E-state index is -0.226. The number of nitrogens with zero attached hydrogens (tertiary/aromatic N) is 2. The number of piperidine rings is 2. The molecule has 38 heavy (non-hydrogen) atoms. The van der Waals surface area contributed by atoms with E-state index in [1.54, 1.807) is 6.08 Å². The number of carbonyl (C=O) groups excluding carboxylic acids is 2. The molecule has 4 rings (SSSR count). The first kappa shape index (κ1) is 29.3. The van der Waals surface area contributed by atoms with Gasteiger partial charge in [0.1, 0.15) is 12.2 Å². The van der Waals surface area contributed by atoms with Gasteiger partial charge in [-0.3, -0.25) is 0 Å². The number of hydrogen-bond donors (Lipinski definition) is 0. The van der Waals surface area contributed by atoms with Crippen LogP contribution >= 0.6 is 0 Å². The molecule has 6 nitrogen and oxygen atoms in total. The van der Waals surface area contributed by atoms with Gasteiger partial charge in [0, 0.05) is 37.8 Å². The summed E-state index contributed by atoms with van der Waals surface area (Å²) < 4.78 is 12.0. The zero-order valence-corrected chi connectivity index (χ0v) is 25.1. The van der Waals surface area contributed by atoms with Crippen molar-refractivity contribution in [2.24, 2.45) is 47.3 Å². The van der Waals surface area contributed by atoms with E-state index >= 15 is 0 Å². The Morgan fingerprint density at radius 1 is 0.763 bits per heavy atom. The Kier molecular flexibility index (Phi) is 9.45. The standard InChI is InChI=1S/C32H52N2O4/c1-19(12-31(35)37-29-13-25-21(3)15-33(7)17-27(25)23(29)5)10-9-11-20(2)32(36)38-30-14-26-22(4)16-34(8)18-28(26)24(30)6/h11-12,21-30H,9-10,13-18H2,1-8H3. The minimum absolute atomic E-state index is 0.0106. The van der Waals surface area contributed by atoms with E-state index in [4.69, 9.17) is 9.47 Å². The first-order chi connectivity index (χ1) is 17.9. The second kappa shape index (κ2) is 12.2. The lowest BCUT2D eigenvalue weighted by atomic mass is 9.79. The number of hydrogen-bond acceptors (Lipinski definition) is 6. The molecule has 0 radical (unpaired) electrons. The van der Waals surface area contributed by atoms with Gasteiger partial charge < -0.3 is 19.3 Å². The van der Waals surface area contributed by atoms with Crippen LogP contribution in [0, 0.1) is 47.3 Å². The van der Waals surface area contributed by atoms with Gasteiger partial charge in [-0.1, -0.05) is 39.3 Å². The van der Waals surface area contributed by atoms with Crippen LogP contribution in [-0.2, 0) is 19.1 Å². The predicted octanol–water partition coefficient (Wildman–Crippen LogP) is 5.19. The summed E-state index contributed by atoms with van der Waals surface area (Å²) >= 11 is 0. The van der Waals surface area contributed by atoms with Crippen molar-refractivity contribution in [3.05, 3.63) is 23.3 Å². The van der Waals surface area contributed by atoms with Gasteiger partial charge in [0.2, 0.25) is 0 Å². The van der Waals surface area contributed by atoms with E-state index in [0.29, 0.717) is 59.3 Å². The molecule has 0 aromatic rings. The fourth-order valence-corrected chi connectivity index (χ4v) is 8.28. The lowest BCUT2D eigenvalue weighted by molar-refractivity contribution is -0.146. The summed E-state index contributed by atoms with van der Waals surface area (Å²) in [6, 6.07) is 0. The molecule has 0 amide bonds. The normalized spacial score (nSPS) is 40.5. The van der Waals surface area contributed by atoms with Crippen molar-refractivity contribution in [3.8, 4) is 0 Å². The molecule has 2 saturated heterocycles. The summed E-state index contributed by atoms with van der Waals surface area (Å²) in [5.74, 6) is 4.19. The number of likely N-dealkylation sites (tertiary alicyclic amines) is 2. The van der Waals surface area contributed by atoms with Crippen LogP contribution in [0.1, 0.15) is 67.2 Å². The summed E-state index contributed by atoms with van der Waals surface area (Å²) in [5, 5.41) is 0. The lowest BCUT2D eigenvalue weighted by Gasteiger charge is -2.38. The third kappa shape index (κ3) is 6.55. The van der Waals surface area contributed by atoms with Crippen molar-refractivity contribution < 1.29 is 19.1 Å². The highest BCUT2D eigenvalue weighted by molar-refractivity contribution is 5.87. The Balaban J connectivity index is 1.22. The molecule has 4 aliphatic rings. The molecule has 0 spiro atoms. The van der Waals surface area contributed by atoms with Crippen molar-refractivity contribution in [3.63, 3.8) is 0 Å². The molecule has 2 aliphatic heterocycles. The maximum Gasteiger partial charge on any atom is 0.333 e. The molecule has 0 bridgehead atoms. The third-order valence-corrected chi connectivity index (χ3v) is 10.5. The molecule has 10 unspecified atom stereocenters. The molecule has 6 heteroatoms. The molecular weight excluding hydrogens is 476 g/mol. The zero-order chi connectivity index (χ0) is 27.7. The Bertz CT molecular complexity index is 928. The quantitative estimate of drug-likeness (QED) is 0.335. The SMILES string of the molecule is CC(=CC(=O)OC1CC2C(C)CN(C)CC2C1C)CCC=C(C)C(=O)OC1CC2C(C)CN(C)CC2C1C. The van der Waals surface area contributed by atoms with Gasteiger partial charge in [-0.15, -0.1) is 0 Å². The Morgan fingerprint density at radius 3 is 1.79 bits per heavy atom. The van der Waals surface area contributed by atoms with Gasteiger partial charge in [0.25, 0.3) is 0 Å². The van der Waals surface area contributed by atoms with Crippen molar-refractivity contribution in [1.29, 1.82) is 0 Å². The largest absolute Gasteiger partial charge is 0.459 e. The van der Waals surface area contributed by atoms with Crippen LogP contribution in [0.4, 0.5) is 0 Å².